The number of hydrogen-bond acceptors (Lipinski definition) is 1. The van der Waals surface area contributed by atoms with E-state index >= 15 is 0 Å². The molecule has 0 aliphatic heterocycles. The first-order chi connectivity index (χ1) is 7.18. The van der Waals surface area contributed by atoms with Crippen molar-refractivity contribution < 1.29 is 9.90 Å². The van der Waals surface area contributed by atoms with Crippen LogP contribution in [0.4, 0.5) is 0 Å². The van der Waals surface area contributed by atoms with Gasteiger partial charge in [-0.1, -0.05) is 13.3 Å². The third-order valence-corrected chi connectivity index (χ3v) is 5.80. The quantitative estimate of drug-likeness (QED) is 0.774. The Kier molecular flexibility index (Phi) is 1.93. The minimum absolute atomic E-state index is 0.436. The molecule has 15 heavy (non-hydrogen) atoms. The fourth-order valence-electron chi connectivity index (χ4n) is 5.18. The summed E-state index contributed by atoms with van der Waals surface area (Å²) in [6.45, 7) is 2.33. The topological polar surface area (TPSA) is 37.3 Å². The smallest absolute Gasteiger partial charge is 0.303 e. The lowest BCUT2D eigenvalue weighted by Gasteiger charge is -2.49. The Morgan fingerprint density at radius 2 is 1.93 bits per heavy atom. The van der Waals surface area contributed by atoms with Crippen LogP contribution in [0, 0.1) is 29.1 Å². The Labute approximate surface area is 91.1 Å². The van der Waals surface area contributed by atoms with E-state index in [0.29, 0.717) is 17.8 Å². The number of carboxylic acids is 1. The highest BCUT2D eigenvalue weighted by Crippen LogP contribution is 2.72. The van der Waals surface area contributed by atoms with E-state index in [0.717, 1.165) is 17.8 Å². The maximum atomic E-state index is 10.8. The lowest BCUT2D eigenvalue weighted by atomic mass is 9.55. The van der Waals surface area contributed by atoms with E-state index in [9.17, 15) is 4.79 Å². The number of carbonyl (C=O) groups is 1. The minimum Gasteiger partial charge on any atom is -0.481 e. The van der Waals surface area contributed by atoms with E-state index in [1.54, 1.807) is 0 Å². The zero-order valence-corrected chi connectivity index (χ0v) is 9.41. The molecular weight excluding hydrogens is 188 g/mol. The fraction of sp³-hybridized carbons (Fsp3) is 0.923. The minimum atomic E-state index is -0.584. The van der Waals surface area contributed by atoms with Crippen molar-refractivity contribution in [2.45, 2.75) is 45.4 Å². The summed E-state index contributed by atoms with van der Waals surface area (Å²) in [7, 11) is 0. The third kappa shape index (κ3) is 1.08. The van der Waals surface area contributed by atoms with Crippen LogP contribution in [0.5, 0.6) is 0 Å². The molecule has 3 unspecified atom stereocenters. The molecule has 3 aliphatic carbocycles. The van der Waals surface area contributed by atoms with Gasteiger partial charge in [0, 0.05) is 6.42 Å². The van der Waals surface area contributed by atoms with Crippen molar-refractivity contribution in [2.24, 2.45) is 29.1 Å². The van der Waals surface area contributed by atoms with Crippen molar-refractivity contribution in [3.8, 4) is 0 Å². The van der Waals surface area contributed by atoms with E-state index in [-0.39, 0.29) is 0 Å². The largest absolute Gasteiger partial charge is 0.481 e. The highest BCUT2D eigenvalue weighted by Gasteiger charge is 2.65. The summed E-state index contributed by atoms with van der Waals surface area (Å²) in [5.41, 5.74) is 0.643. The maximum Gasteiger partial charge on any atom is 0.303 e. The first-order valence-electron chi connectivity index (χ1n) is 6.40. The predicted molar refractivity (Wildman–Crippen MR) is 57.4 cm³/mol. The normalized spacial score (nSPS) is 51.3. The number of aliphatic carboxylic acids is 1. The average Bonchev–Trinajstić information content (AvgIpc) is 2.64. The van der Waals surface area contributed by atoms with Gasteiger partial charge in [0.05, 0.1) is 0 Å². The van der Waals surface area contributed by atoms with E-state index in [1.807, 2.05) is 0 Å². The molecule has 2 nitrogen and oxygen atoms in total. The van der Waals surface area contributed by atoms with Crippen molar-refractivity contribution >= 4 is 5.97 Å². The molecule has 0 amide bonds. The van der Waals surface area contributed by atoms with Crippen LogP contribution in [0.3, 0.4) is 0 Å². The molecule has 0 saturated heterocycles. The van der Waals surface area contributed by atoms with Gasteiger partial charge < -0.3 is 5.11 Å². The Morgan fingerprint density at radius 3 is 2.40 bits per heavy atom. The van der Waals surface area contributed by atoms with Gasteiger partial charge in [-0.2, -0.15) is 0 Å². The number of rotatable bonds is 3. The molecule has 0 radical (unpaired) electrons. The third-order valence-electron chi connectivity index (χ3n) is 5.80. The molecule has 0 heterocycles. The van der Waals surface area contributed by atoms with Gasteiger partial charge in [-0.3, -0.25) is 4.79 Å². The van der Waals surface area contributed by atoms with Crippen molar-refractivity contribution in [1.82, 2.24) is 0 Å². The lowest BCUT2D eigenvalue weighted by Crippen LogP contribution is -2.45. The molecular formula is C13H20O2. The van der Waals surface area contributed by atoms with E-state index in [2.05, 4.69) is 6.92 Å². The van der Waals surface area contributed by atoms with Gasteiger partial charge in [0.25, 0.3) is 0 Å². The summed E-state index contributed by atoms with van der Waals surface area (Å²) >= 11 is 0. The molecule has 3 fully saturated rings. The summed E-state index contributed by atoms with van der Waals surface area (Å²) < 4.78 is 0. The summed E-state index contributed by atoms with van der Waals surface area (Å²) in [6.07, 6.45) is 7.15. The summed E-state index contributed by atoms with van der Waals surface area (Å²) in [5, 5.41) is 8.92. The van der Waals surface area contributed by atoms with Crippen molar-refractivity contribution in [3.63, 3.8) is 0 Å². The van der Waals surface area contributed by atoms with Crippen LogP contribution >= 0.6 is 0 Å². The van der Waals surface area contributed by atoms with Crippen LogP contribution < -0.4 is 0 Å². The van der Waals surface area contributed by atoms with Gasteiger partial charge in [0.1, 0.15) is 0 Å². The molecule has 3 aliphatic rings. The first-order valence-corrected chi connectivity index (χ1v) is 6.40. The van der Waals surface area contributed by atoms with Crippen molar-refractivity contribution in [1.29, 1.82) is 0 Å². The molecule has 2 heteroatoms. The van der Waals surface area contributed by atoms with Gasteiger partial charge in [0.15, 0.2) is 0 Å². The molecule has 0 aromatic carbocycles. The standard InChI is InChI=1S/C13H20O2/c1-2-13-5-3-8-10(7-11(14)15)9(4-6-13)12(8)13/h8-10,12H,2-7H2,1H3,(H,14,15)/t8-,9+,10?,12?,13?. The van der Waals surface area contributed by atoms with Crippen LogP contribution in [0.25, 0.3) is 0 Å². The van der Waals surface area contributed by atoms with E-state index < -0.39 is 5.97 Å². The molecule has 0 aromatic rings. The molecule has 3 rings (SSSR count). The first kappa shape index (κ1) is 9.68. The summed E-state index contributed by atoms with van der Waals surface area (Å²) in [6, 6.07) is 0. The highest BCUT2D eigenvalue weighted by atomic mass is 16.4. The molecule has 84 valence electrons. The molecule has 0 spiro atoms. The average molecular weight is 208 g/mol. The van der Waals surface area contributed by atoms with Crippen LogP contribution in [0.15, 0.2) is 0 Å². The van der Waals surface area contributed by atoms with Gasteiger partial charge in [-0.05, 0) is 54.8 Å². The number of carboxylic acid groups (broad SMARTS) is 1. The summed E-state index contributed by atoms with van der Waals surface area (Å²) in [5.74, 6) is 2.40. The van der Waals surface area contributed by atoms with Crippen LogP contribution in [0.2, 0.25) is 0 Å². The maximum absolute atomic E-state index is 10.8. The lowest BCUT2D eigenvalue weighted by molar-refractivity contribution is -0.142. The zero-order chi connectivity index (χ0) is 10.6. The van der Waals surface area contributed by atoms with Crippen LogP contribution in [-0.4, -0.2) is 11.1 Å². The van der Waals surface area contributed by atoms with Crippen LogP contribution in [0.1, 0.15) is 45.4 Å². The zero-order valence-electron chi connectivity index (χ0n) is 9.41. The highest BCUT2D eigenvalue weighted by molar-refractivity contribution is 5.67. The Balaban J connectivity index is 1.79. The Morgan fingerprint density at radius 1 is 1.33 bits per heavy atom. The Bertz CT molecular complexity index is 281. The second-order valence-corrected chi connectivity index (χ2v) is 5.91. The van der Waals surface area contributed by atoms with Gasteiger partial charge in [0.2, 0.25) is 0 Å². The van der Waals surface area contributed by atoms with Crippen LogP contribution in [-0.2, 0) is 4.79 Å². The SMILES string of the molecule is CCC12CC[C@@H]3C(CC(=O)O)[C@H](CC1)C32. The Hall–Kier alpha value is -0.530. The monoisotopic (exact) mass is 208 g/mol. The van der Waals surface area contributed by atoms with Gasteiger partial charge >= 0.3 is 5.97 Å². The number of hydrogen-bond donors (Lipinski definition) is 1. The second-order valence-electron chi connectivity index (χ2n) is 5.91. The summed E-state index contributed by atoms with van der Waals surface area (Å²) in [4.78, 5) is 10.8. The van der Waals surface area contributed by atoms with E-state index in [1.165, 1.54) is 32.1 Å². The second kappa shape index (κ2) is 2.99. The molecule has 1 N–H and O–H groups in total. The van der Waals surface area contributed by atoms with E-state index in [4.69, 9.17) is 5.11 Å². The van der Waals surface area contributed by atoms with Crippen molar-refractivity contribution in [3.05, 3.63) is 0 Å². The fourth-order valence-corrected chi connectivity index (χ4v) is 5.18. The van der Waals surface area contributed by atoms with Crippen molar-refractivity contribution in [2.75, 3.05) is 0 Å². The molecule has 0 aromatic heterocycles. The molecule has 3 saturated carbocycles. The van der Waals surface area contributed by atoms with Gasteiger partial charge in [-0.25, -0.2) is 0 Å². The predicted octanol–water partition coefficient (Wildman–Crippen LogP) is 2.92. The molecule has 5 atom stereocenters. The molecule has 0 bridgehead atoms. The van der Waals surface area contributed by atoms with Gasteiger partial charge in [-0.15, -0.1) is 0 Å².